The molecule has 0 aromatic rings. The summed E-state index contributed by atoms with van der Waals surface area (Å²) in [5, 5.41) is 16.5. The maximum Gasteiger partial charge on any atom is 0.0701 e. The molecule has 0 rings (SSSR count). The van der Waals surface area contributed by atoms with Crippen LogP contribution in [0.25, 0.3) is 0 Å². The van der Waals surface area contributed by atoms with Crippen LogP contribution in [0.1, 0.15) is 65.2 Å². The first-order valence-electron chi connectivity index (χ1n) is 9.28. The summed E-state index contributed by atoms with van der Waals surface area (Å²) in [5.41, 5.74) is 0. The Morgan fingerprint density at radius 3 is 1.35 bits per heavy atom. The third-order valence-corrected chi connectivity index (χ3v) is 3.13. The third-order valence-electron chi connectivity index (χ3n) is 3.13. The number of hydrogen-bond donors (Lipinski definition) is 2. The van der Waals surface area contributed by atoms with Gasteiger partial charge in [0.05, 0.1) is 39.6 Å². The van der Waals surface area contributed by atoms with Gasteiger partial charge in [-0.25, -0.2) is 0 Å². The number of aliphatic hydroxyl groups is 2. The Morgan fingerprint density at radius 1 is 0.478 bits per heavy atom. The zero-order valence-corrected chi connectivity index (χ0v) is 15.4. The Labute approximate surface area is 143 Å². The van der Waals surface area contributed by atoms with E-state index in [1.54, 1.807) is 0 Å². The molecule has 0 aliphatic carbocycles. The molecule has 23 heavy (non-hydrogen) atoms. The highest BCUT2D eigenvalue weighted by atomic mass is 16.5. The van der Waals surface area contributed by atoms with Crippen LogP contribution in [0.15, 0.2) is 0 Å². The van der Waals surface area contributed by atoms with Crippen molar-refractivity contribution in [1.82, 2.24) is 0 Å². The highest BCUT2D eigenvalue weighted by molar-refractivity contribution is 4.42. The Balaban J connectivity index is 0. The maximum absolute atomic E-state index is 8.26. The molecular formula is C18H40O5. The van der Waals surface area contributed by atoms with E-state index in [2.05, 4.69) is 13.8 Å². The molecule has 2 N–H and O–H groups in total. The van der Waals surface area contributed by atoms with E-state index in [-0.39, 0.29) is 13.2 Å². The first-order chi connectivity index (χ1) is 11.3. The highest BCUT2D eigenvalue weighted by Crippen LogP contribution is 2.02. The fourth-order valence-electron chi connectivity index (χ4n) is 1.81. The van der Waals surface area contributed by atoms with Gasteiger partial charge in [0.15, 0.2) is 0 Å². The molecule has 0 fully saturated rings. The van der Waals surface area contributed by atoms with Crippen LogP contribution >= 0.6 is 0 Å². The van der Waals surface area contributed by atoms with Crippen molar-refractivity contribution in [2.75, 3.05) is 52.9 Å². The van der Waals surface area contributed by atoms with E-state index in [0.717, 1.165) is 13.2 Å². The van der Waals surface area contributed by atoms with Crippen LogP contribution in [-0.2, 0) is 14.2 Å². The second-order valence-corrected chi connectivity index (χ2v) is 5.41. The van der Waals surface area contributed by atoms with Gasteiger partial charge in [-0.15, -0.1) is 0 Å². The van der Waals surface area contributed by atoms with Crippen LogP contribution < -0.4 is 0 Å². The van der Waals surface area contributed by atoms with Crippen molar-refractivity contribution in [3.63, 3.8) is 0 Å². The van der Waals surface area contributed by atoms with Crippen LogP contribution in [0.3, 0.4) is 0 Å². The van der Waals surface area contributed by atoms with Crippen LogP contribution in [-0.4, -0.2) is 63.1 Å². The molecule has 0 spiro atoms. The van der Waals surface area contributed by atoms with Gasteiger partial charge in [0, 0.05) is 13.2 Å². The van der Waals surface area contributed by atoms with E-state index in [1.807, 2.05) is 0 Å². The molecule has 5 nitrogen and oxygen atoms in total. The van der Waals surface area contributed by atoms with E-state index in [0.29, 0.717) is 26.4 Å². The maximum atomic E-state index is 8.26. The lowest BCUT2D eigenvalue weighted by atomic mass is 10.2. The van der Waals surface area contributed by atoms with Crippen LogP contribution in [0, 0.1) is 0 Å². The molecule has 0 saturated carbocycles. The minimum Gasteiger partial charge on any atom is -0.394 e. The van der Waals surface area contributed by atoms with Crippen molar-refractivity contribution in [3.8, 4) is 0 Å². The van der Waals surface area contributed by atoms with E-state index < -0.39 is 0 Å². The first kappa shape index (κ1) is 25.0. The summed E-state index contributed by atoms with van der Waals surface area (Å²) in [7, 11) is 0. The van der Waals surface area contributed by atoms with Gasteiger partial charge in [0.1, 0.15) is 0 Å². The molecule has 0 aliphatic rings. The third kappa shape index (κ3) is 30.3. The average molecular weight is 337 g/mol. The summed E-state index contributed by atoms with van der Waals surface area (Å²) in [4.78, 5) is 0. The van der Waals surface area contributed by atoms with Crippen LogP contribution in [0.2, 0.25) is 0 Å². The first-order valence-corrected chi connectivity index (χ1v) is 9.28. The van der Waals surface area contributed by atoms with Gasteiger partial charge in [-0.1, -0.05) is 52.4 Å². The monoisotopic (exact) mass is 336 g/mol. The van der Waals surface area contributed by atoms with Crippen molar-refractivity contribution in [2.45, 2.75) is 65.2 Å². The summed E-state index contributed by atoms with van der Waals surface area (Å²) in [6.45, 7) is 8.16. The second-order valence-electron chi connectivity index (χ2n) is 5.41. The van der Waals surface area contributed by atoms with Crippen molar-refractivity contribution in [2.24, 2.45) is 0 Å². The number of rotatable bonds is 17. The minimum absolute atomic E-state index is 0.0417. The minimum atomic E-state index is 0.0417. The Kier molecular flexibility index (Phi) is 29.1. The van der Waals surface area contributed by atoms with Crippen molar-refractivity contribution >= 4 is 0 Å². The van der Waals surface area contributed by atoms with Gasteiger partial charge in [0.25, 0.3) is 0 Å². The largest absolute Gasteiger partial charge is 0.394 e. The van der Waals surface area contributed by atoms with Gasteiger partial charge in [-0.05, 0) is 12.8 Å². The predicted octanol–water partition coefficient (Wildman–Crippen LogP) is 3.17. The standard InChI is InChI=1S/C12H26O.C6H14O4/c1-3-5-7-8-10-12-13-11-9-6-4-2;7-1-3-9-5-6-10-4-2-8/h3-12H2,1-2H3;7-8H,1-6H2. The fraction of sp³-hybridized carbons (Fsp3) is 1.00. The summed E-state index contributed by atoms with van der Waals surface area (Å²) < 4.78 is 15.3. The molecule has 0 radical (unpaired) electrons. The quantitative estimate of drug-likeness (QED) is 0.399. The van der Waals surface area contributed by atoms with Gasteiger partial charge in [0.2, 0.25) is 0 Å². The normalized spacial score (nSPS) is 10.4. The summed E-state index contributed by atoms with van der Waals surface area (Å²) >= 11 is 0. The lowest BCUT2D eigenvalue weighted by molar-refractivity contribution is 0.0222. The SMILES string of the molecule is CCCCCCCOCCCCC.OCCOCCOCCO. The smallest absolute Gasteiger partial charge is 0.0701 e. The van der Waals surface area contributed by atoms with Gasteiger partial charge in [-0.3, -0.25) is 0 Å². The van der Waals surface area contributed by atoms with Crippen LogP contribution in [0.5, 0.6) is 0 Å². The molecule has 0 unspecified atom stereocenters. The number of hydrogen-bond acceptors (Lipinski definition) is 5. The Morgan fingerprint density at radius 2 is 0.870 bits per heavy atom. The van der Waals surface area contributed by atoms with Crippen molar-refractivity contribution in [1.29, 1.82) is 0 Å². The molecule has 0 saturated heterocycles. The van der Waals surface area contributed by atoms with Crippen molar-refractivity contribution in [3.05, 3.63) is 0 Å². The fourth-order valence-corrected chi connectivity index (χ4v) is 1.81. The topological polar surface area (TPSA) is 68.2 Å². The summed E-state index contributed by atoms with van der Waals surface area (Å²) in [5.74, 6) is 0. The van der Waals surface area contributed by atoms with E-state index in [9.17, 15) is 0 Å². The molecule has 0 aromatic heterocycles. The highest BCUT2D eigenvalue weighted by Gasteiger charge is 1.90. The zero-order chi connectivity index (χ0) is 17.4. The molecule has 0 atom stereocenters. The average Bonchev–Trinajstić information content (AvgIpc) is 2.57. The molecule has 0 heterocycles. The predicted molar refractivity (Wildman–Crippen MR) is 94.9 cm³/mol. The second kappa shape index (κ2) is 26.7. The molecule has 142 valence electrons. The lowest BCUT2D eigenvalue weighted by Crippen LogP contribution is -2.09. The number of unbranched alkanes of at least 4 members (excludes halogenated alkanes) is 6. The zero-order valence-electron chi connectivity index (χ0n) is 15.4. The van der Waals surface area contributed by atoms with E-state index in [4.69, 9.17) is 24.4 Å². The summed E-state index contributed by atoms with van der Waals surface area (Å²) in [6.07, 6.45) is 10.6. The van der Waals surface area contributed by atoms with Crippen LogP contribution in [0.4, 0.5) is 0 Å². The van der Waals surface area contributed by atoms with Gasteiger partial charge >= 0.3 is 0 Å². The number of ether oxygens (including phenoxy) is 3. The van der Waals surface area contributed by atoms with Gasteiger partial charge in [-0.2, -0.15) is 0 Å². The molecule has 5 heteroatoms. The van der Waals surface area contributed by atoms with E-state index in [1.165, 1.54) is 51.4 Å². The molecule has 0 bridgehead atoms. The molecular weight excluding hydrogens is 296 g/mol. The van der Waals surface area contributed by atoms with Gasteiger partial charge < -0.3 is 24.4 Å². The van der Waals surface area contributed by atoms with Crippen molar-refractivity contribution < 1.29 is 24.4 Å². The molecule has 0 aliphatic heterocycles. The Hall–Kier alpha value is -0.200. The van der Waals surface area contributed by atoms with E-state index >= 15 is 0 Å². The molecule has 0 aromatic carbocycles. The number of aliphatic hydroxyl groups excluding tert-OH is 2. The summed E-state index contributed by atoms with van der Waals surface area (Å²) in [6, 6.07) is 0. The Bertz CT molecular complexity index is 161. The molecule has 0 amide bonds. The lowest BCUT2D eigenvalue weighted by Gasteiger charge is -2.03.